The Morgan fingerprint density at radius 2 is 2.07 bits per heavy atom. The fraction of sp³-hybridized carbons (Fsp3) is 0. The highest BCUT2D eigenvalue weighted by atomic mass is 79.9. The molecule has 0 bridgehead atoms. The van der Waals surface area contributed by atoms with Gasteiger partial charge in [0, 0.05) is 15.4 Å². The average molecular weight is 273 g/mol. The van der Waals surface area contributed by atoms with Crippen LogP contribution in [0, 0.1) is 5.82 Å². The summed E-state index contributed by atoms with van der Waals surface area (Å²) in [6.07, 6.45) is 0. The molecule has 1 aromatic carbocycles. The van der Waals surface area contributed by atoms with Gasteiger partial charge in [0.25, 0.3) is 0 Å². The Morgan fingerprint density at radius 3 is 2.64 bits per heavy atom. The minimum absolute atomic E-state index is 0.319. The maximum Gasteiger partial charge on any atom is 0.165 e. The summed E-state index contributed by atoms with van der Waals surface area (Å²) in [6, 6.07) is 4.36. The molecular formula is C10H6BrFOS. The molecule has 0 saturated carbocycles. The number of phenolic OH excluding ortho intramolecular Hbond substituents is 1. The van der Waals surface area contributed by atoms with E-state index in [1.54, 1.807) is 6.07 Å². The summed E-state index contributed by atoms with van der Waals surface area (Å²) < 4.78 is 14.0. The van der Waals surface area contributed by atoms with Crippen molar-refractivity contribution in [2.24, 2.45) is 0 Å². The van der Waals surface area contributed by atoms with E-state index in [1.807, 2.05) is 10.8 Å². The zero-order chi connectivity index (χ0) is 10.1. The van der Waals surface area contributed by atoms with Crippen LogP contribution in [0.1, 0.15) is 0 Å². The normalized spacial score (nSPS) is 10.4. The standard InChI is InChI=1S/C10H6BrFOS/c11-8-5-14-4-7(8)6-1-2-10(13)9(12)3-6/h1-5,13H. The monoisotopic (exact) mass is 272 g/mol. The van der Waals surface area contributed by atoms with Crippen molar-refractivity contribution in [1.29, 1.82) is 0 Å². The lowest BCUT2D eigenvalue weighted by atomic mass is 10.1. The Kier molecular flexibility index (Phi) is 2.56. The van der Waals surface area contributed by atoms with Gasteiger partial charge in [-0.3, -0.25) is 0 Å². The first-order chi connectivity index (χ1) is 6.68. The molecule has 0 fully saturated rings. The number of halogens is 2. The second kappa shape index (κ2) is 3.71. The van der Waals surface area contributed by atoms with Gasteiger partial charge in [-0.15, -0.1) is 0 Å². The predicted octanol–water partition coefficient (Wildman–Crippen LogP) is 4.02. The van der Waals surface area contributed by atoms with E-state index in [9.17, 15) is 4.39 Å². The summed E-state index contributed by atoms with van der Waals surface area (Å²) in [6.45, 7) is 0. The fourth-order valence-electron chi connectivity index (χ4n) is 1.16. The highest BCUT2D eigenvalue weighted by Crippen LogP contribution is 2.33. The smallest absolute Gasteiger partial charge is 0.165 e. The Hall–Kier alpha value is -0.870. The van der Waals surface area contributed by atoms with Crippen molar-refractivity contribution >= 4 is 27.3 Å². The van der Waals surface area contributed by atoms with Gasteiger partial charge < -0.3 is 5.11 Å². The van der Waals surface area contributed by atoms with E-state index in [2.05, 4.69) is 15.9 Å². The van der Waals surface area contributed by atoms with Gasteiger partial charge in [-0.2, -0.15) is 11.3 Å². The number of hydrogen-bond acceptors (Lipinski definition) is 2. The molecular weight excluding hydrogens is 267 g/mol. The Bertz CT molecular complexity index is 467. The Morgan fingerprint density at radius 1 is 1.29 bits per heavy atom. The SMILES string of the molecule is Oc1ccc(-c2cscc2Br)cc1F. The van der Waals surface area contributed by atoms with Crippen LogP contribution in [0.2, 0.25) is 0 Å². The van der Waals surface area contributed by atoms with Crippen LogP contribution in [-0.4, -0.2) is 5.11 Å². The molecule has 0 aliphatic heterocycles. The van der Waals surface area contributed by atoms with Crippen molar-refractivity contribution < 1.29 is 9.50 Å². The van der Waals surface area contributed by atoms with E-state index in [0.717, 1.165) is 15.6 Å². The third kappa shape index (κ3) is 1.67. The van der Waals surface area contributed by atoms with Gasteiger partial charge in [0.15, 0.2) is 11.6 Å². The largest absolute Gasteiger partial charge is 0.505 e. The molecule has 0 radical (unpaired) electrons. The molecule has 0 spiro atoms. The summed E-state index contributed by atoms with van der Waals surface area (Å²) in [4.78, 5) is 0. The predicted molar refractivity (Wildman–Crippen MR) is 59.1 cm³/mol. The Balaban J connectivity index is 2.53. The highest BCUT2D eigenvalue weighted by molar-refractivity contribution is 9.10. The lowest BCUT2D eigenvalue weighted by Gasteiger charge is -2.00. The van der Waals surface area contributed by atoms with Crippen LogP contribution in [0.25, 0.3) is 11.1 Å². The van der Waals surface area contributed by atoms with Crippen molar-refractivity contribution in [3.63, 3.8) is 0 Å². The second-order valence-corrected chi connectivity index (χ2v) is 4.40. The van der Waals surface area contributed by atoms with Crippen LogP contribution < -0.4 is 0 Å². The average Bonchev–Trinajstić information content (AvgIpc) is 2.57. The molecule has 1 N–H and O–H groups in total. The summed E-state index contributed by atoms with van der Waals surface area (Å²) in [5.41, 5.74) is 1.70. The highest BCUT2D eigenvalue weighted by Gasteiger charge is 2.07. The first kappa shape index (κ1) is 9.68. The van der Waals surface area contributed by atoms with E-state index in [-0.39, 0.29) is 5.75 Å². The van der Waals surface area contributed by atoms with E-state index in [1.165, 1.54) is 23.5 Å². The molecule has 72 valence electrons. The van der Waals surface area contributed by atoms with Crippen molar-refractivity contribution in [2.75, 3.05) is 0 Å². The minimum atomic E-state index is -0.597. The summed E-state index contributed by atoms with van der Waals surface area (Å²) in [7, 11) is 0. The van der Waals surface area contributed by atoms with Gasteiger partial charge in [-0.05, 0) is 39.0 Å². The van der Waals surface area contributed by atoms with Crippen molar-refractivity contribution in [2.45, 2.75) is 0 Å². The molecule has 0 atom stereocenters. The van der Waals surface area contributed by atoms with Crippen molar-refractivity contribution in [3.05, 3.63) is 39.2 Å². The molecule has 2 aromatic rings. The molecule has 2 rings (SSSR count). The molecule has 4 heteroatoms. The zero-order valence-electron chi connectivity index (χ0n) is 7.00. The van der Waals surface area contributed by atoms with Gasteiger partial charge in [0.1, 0.15) is 0 Å². The van der Waals surface area contributed by atoms with Crippen molar-refractivity contribution in [3.8, 4) is 16.9 Å². The van der Waals surface area contributed by atoms with Gasteiger partial charge in [-0.25, -0.2) is 4.39 Å². The Labute approximate surface area is 93.0 Å². The molecule has 1 aromatic heterocycles. The summed E-state index contributed by atoms with van der Waals surface area (Å²) in [5.74, 6) is -0.916. The molecule has 0 unspecified atom stereocenters. The van der Waals surface area contributed by atoms with Gasteiger partial charge in [0.05, 0.1) is 0 Å². The molecule has 1 heterocycles. The molecule has 0 saturated heterocycles. The van der Waals surface area contributed by atoms with Crippen molar-refractivity contribution in [1.82, 2.24) is 0 Å². The van der Waals surface area contributed by atoms with Crippen LogP contribution in [0.5, 0.6) is 5.75 Å². The molecule has 0 aliphatic carbocycles. The number of benzene rings is 1. The number of hydrogen-bond donors (Lipinski definition) is 1. The summed E-state index contributed by atoms with van der Waals surface area (Å²) in [5, 5.41) is 12.9. The number of rotatable bonds is 1. The zero-order valence-corrected chi connectivity index (χ0v) is 9.40. The first-order valence-electron chi connectivity index (χ1n) is 3.89. The molecule has 1 nitrogen and oxygen atoms in total. The van der Waals surface area contributed by atoms with E-state index in [4.69, 9.17) is 5.11 Å². The van der Waals surface area contributed by atoms with E-state index >= 15 is 0 Å². The van der Waals surface area contributed by atoms with Gasteiger partial charge in [-0.1, -0.05) is 6.07 Å². The lowest BCUT2D eigenvalue weighted by Crippen LogP contribution is -1.79. The quantitative estimate of drug-likeness (QED) is 0.831. The molecule has 0 aliphatic rings. The number of thiophene rings is 1. The van der Waals surface area contributed by atoms with Crippen LogP contribution in [0.15, 0.2) is 33.4 Å². The number of aromatic hydroxyl groups is 1. The van der Waals surface area contributed by atoms with Crippen LogP contribution in [0.3, 0.4) is 0 Å². The third-order valence-corrected chi connectivity index (χ3v) is 3.58. The maximum atomic E-state index is 13.0. The van der Waals surface area contributed by atoms with Crippen LogP contribution in [0.4, 0.5) is 4.39 Å². The fourth-order valence-corrected chi connectivity index (χ4v) is 2.69. The third-order valence-electron chi connectivity index (χ3n) is 1.87. The van der Waals surface area contributed by atoms with E-state index in [0.29, 0.717) is 0 Å². The van der Waals surface area contributed by atoms with Crippen LogP contribution in [-0.2, 0) is 0 Å². The topological polar surface area (TPSA) is 20.2 Å². The lowest BCUT2D eigenvalue weighted by molar-refractivity contribution is 0.432. The maximum absolute atomic E-state index is 13.0. The summed E-state index contributed by atoms with van der Waals surface area (Å²) >= 11 is 4.91. The second-order valence-electron chi connectivity index (χ2n) is 2.80. The van der Waals surface area contributed by atoms with Gasteiger partial charge in [0.2, 0.25) is 0 Å². The first-order valence-corrected chi connectivity index (χ1v) is 5.62. The van der Waals surface area contributed by atoms with Gasteiger partial charge >= 0.3 is 0 Å². The van der Waals surface area contributed by atoms with E-state index < -0.39 is 5.82 Å². The van der Waals surface area contributed by atoms with Crippen LogP contribution >= 0.6 is 27.3 Å². The number of phenols is 1. The minimum Gasteiger partial charge on any atom is -0.505 e. The molecule has 14 heavy (non-hydrogen) atoms. The molecule has 0 amide bonds.